The second-order valence-corrected chi connectivity index (χ2v) is 10.7. The quantitative estimate of drug-likeness (QED) is 0.252. The van der Waals surface area contributed by atoms with Crippen molar-refractivity contribution in [3.05, 3.63) is 58.6 Å². The van der Waals surface area contributed by atoms with Crippen molar-refractivity contribution >= 4 is 41.2 Å². The van der Waals surface area contributed by atoms with E-state index in [4.69, 9.17) is 11.6 Å². The summed E-state index contributed by atoms with van der Waals surface area (Å²) in [6, 6.07) is 6.40. The maximum Gasteiger partial charge on any atom is 0.291 e. The Morgan fingerprint density at radius 2 is 1.83 bits per heavy atom. The van der Waals surface area contributed by atoms with Gasteiger partial charge in [-0.3, -0.25) is 14.4 Å². The van der Waals surface area contributed by atoms with Crippen molar-refractivity contribution < 1.29 is 23.2 Å². The molecule has 1 aromatic carbocycles. The molecule has 0 spiro atoms. The van der Waals surface area contributed by atoms with Gasteiger partial charge in [0.05, 0.1) is 29.0 Å². The maximum atomic E-state index is 14.4. The summed E-state index contributed by atoms with van der Waals surface area (Å²) < 4.78 is 30.0. The lowest BCUT2D eigenvalue weighted by Crippen LogP contribution is -2.52. The van der Waals surface area contributed by atoms with Gasteiger partial charge in [-0.05, 0) is 58.3 Å². The monoisotopic (exact) mass is 604 g/mol. The molecule has 4 rings (SSSR count). The van der Waals surface area contributed by atoms with Gasteiger partial charge < -0.3 is 30.3 Å². The molecule has 1 fully saturated rings. The van der Waals surface area contributed by atoms with Crippen molar-refractivity contribution in [2.45, 2.75) is 24.9 Å². The van der Waals surface area contributed by atoms with Gasteiger partial charge >= 0.3 is 0 Å². The van der Waals surface area contributed by atoms with E-state index in [9.17, 15) is 23.2 Å². The maximum absolute atomic E-state index is 14.4. The molecular weight excluding hydrogens is 570 g/mol. The molecule has 11 nitrogen and oxygen atoms in total. The van der Waals surface area contributed by atoms with E-state index in [-0.39, 0.29) is 39.4 Å². The van der Waals surface area contributed by atoms with E-state index in [1.807, 2.05) is 26.0 Å². The molecule has 2 aromatic heterocycles. The van der Waals surface area contributed by atoms with Crippen molar-refractivity contribution in [2.24, 2.45) is 7.05 Å². The second kappa shape index (κ2) is 14.3. The number of benzene rings is 1. The van der Waals surface area contributed by atoms with Crippen molar-refractivity contribution in [3.8, 4) is 11.3 Å². The molecule has 1 saturated carbocycles. The van der Waals surface area contributed by atoms with Crippen LogP contribution in [-0.2, 0) is 11.8 Å². The minimum absolute atomic E-state index is 0.0351. The molecular formula is C28H35ClF2N8O3. The lowest BCUT2D eigenvalue weighted by atomic mass is 9.87. The second-order valence-electron chi connectivity index (χ2n) is 10.3. The summed E-state index contributed by atoms with van der Waals surface area (Å²) in [7, 11) is 10.4. The minimum Gasteiger partial charge on any atom is -0.360 e. The zero-order valence-electron chi connectivity index (χ0n) is 24.3. The van der Waals surface area contributed by atoms with Gasteiger partial charge in [0.25, 0.3) is 5.91 Å². The van der Waals surface area contributed by atoms with Gasteiger partial charge in [0.2, 0.25) is 11.9 Å². The van der Waals surface area contributed by atoms with Crippen LogP contribution in [0.2, 0.25) is 5.02 Å². The van der Waals surface area contributed by atoms with Gasteiger partial charge in [0.15, 0.2) is 23.7 Å². The van der Waals surface area contributed by atoms with E-state index < -0.39 is 17.7 Å². The van der Waals surface area contributed by atoms with Gasteiger partial charge in [-0.2, -0.15) is 9.37 Å². The van der Waals surface area contributed by atoms with Crippen LogP contribution in [0.25, 0.3) is 11.3 Å². The number of carbonyl (C=O) groups excluding carboxylic acids is 3. The van der Waals surface area contributed by atoms with Crippen LogP contribution in [-0.4, -0.2) is 91.4 Å². The van der Waals surface area contributed by atoms with Crippen LogP contribution < -0.4 is 20.9 Å². The number of amides is 2. The lowest BCUT2D eigenvalue weighted by molar-refractivity contribution is -0.123. The molecule has 0 unspecified atom stereocenters. The topological polar surface area (TPSA) is 124 Å². The van der Waals surface area contributed by atoms with Crippen molar-refractivity contribution in [2.75, 3.05) is 52.0 Å². The largest absolute Gasteiger partial charge is 0.360 e. The number of aldehydes is 1. The third-order valence-corrected chi connectivity index (χ3v) is 6.89. The predicted octanol–water partition coefficient (Wildman–Crippen LogP) is 2.96. The molecule has 2 heterocycles. The van der Waals surface area contributed by atoms with Gasteiger partial charge in [-0.25, -0.2) is 9.37 Å². The summed E-state index contributed by atoms with van der Waals surface area (Å²) in [4.78, 5) is 45.5. The highest BCUT2D eigenvalue weighted by atomic mass is 35.5. The van der Waals surface area contributed by atoms with Crippen LogP contribution in [0.1, 0.15) is 33.8 Å². The first kappa shape index (κ1) is 32.6. The third-order valence-electron chi connectivity index (χ3n) is 6.56. The summed E-state index contributed by atoms with van der Waals surface area (Å²) in [5.74, 6) is -2.23. The van der Waals surface area contributed by atoms with Crippen molar-refractivity contribution in [3.63, 3.8) is 0 Å². The predicted molar refractivity (Wildman–Crippen MR) is 158 cm³/mol. The van der Waals surface area contributed by atoms with Crippen molar-refractivity contribution in [1.82, 2.24) is 30.1 Å². The van der Waals surface area contributed by atoms with E-state index >= 15 is 0 Å². The Morgan fingerprint density at radius 3 is 2.40 bits per heavy atom. The summed E-state index contributed by atoms with van der Waals surface area (Å²) in [5.41, 5.74) is 0.693. The average molecular weight is 605 g/mol. The van der Waals surface area contributed by atoms with Crippen LogP contribution >= 0.6 is 11.6 Å². The molecule has 0 aliphatic heterocycles. The average Bonchev–Trinajstić information content (AvgIpc) is 3.28. The molecule has 0 bridgehead atoms. The standard InChI is InChI=1S/C19H16ClF2N5O2.C9H19N3O/c1-26(2)17-14(21)7-12(16(22)25-17)15-8-23-18(27(15)3)19(29)24-11-5-4-10(9-28)13(20)6-11;1-10-7-4-8(5-7)11-9(13)6-12(2)3/h4-9H,1-3H3,(H,24,29);7-8,10H,4-6H2,1-3H3,(H,11,13). The number of rotatable bonds is 9. The molecule has 3 N–H and O–H groups in total. The Morgan fingerprint density at radius 1 is 1.14 bits per heavy atom. The Bertz CT molecular complexity index is 1440. The molecule has 0 saturated heterocycles. The normalized spacial score (nSPS) is 15.8. The highest BCUT2D eigenvalue weighted by Gasteiger charge is 2.28. The van der Waals surface area contributed by atoms with Crippen LogP contribution in [0, 0.1) is 11.8 Å². The van der Waals surface area contributed by atoms with Gasteiger partial charge in [-0.15, -0.1) is 0 Å². The van der Waals surface area contributed by atoms with E-state index in [1.165, 1.54) is 40.9 Å². The van der Waals surface area contributed by atoms with Crippen LogP contribution in [0.15, 0.2) is 30.5 Å². The summed E-state index contributed by atoms with van der Waals surface area (Å²) in [6.45, 7) is 0.487. The molecule has 0 radical (unpaired) electrons. The van der Waals surface area contributed by atoms with E-state index in [1.54, 1.807) is 14.1 Å². The number of nitrogens with one attached hydrogen (secondary N) is 3. The number of pyridine rings is 1. The van der Waals surface area contributed by atoms with Crippen LogP contribution in [0.4, 0.5) is 20.3 Å². The Labute approximate surface area is 248 Å². The van der Waals surface area contributed by atoms with E-state index in [2.05, 4.69) is 25.9 Å². The zero-order valence-corrected chi connectivity index (χ0v) is 25.1. The number of aromatic nitrogens is 3. The van der Waals surface area contributed by atoms with Gasteiger partial charge in [-0.1, -0.05) is 11.6 Å². The molecule has 2 amide bonds. The fraction of sp³-hybridized carbons (Fsp3) is 0.393. The van der Waals surface area contributed by atoms with E-state index in [0.29, 0.717) is 30.6 Å². The molecule has 0 atom stereocenters. The number of anilines is 2. The number of carbonyl (C=O) groups is 3. The Hall–Kier alpha value is -3.94. The first-order chi connectivity index (χ1) is 19.8. The molecule has 226 valence electrons. The smallest absolute Gasteiger partial charge is 0.291 e. The van der Waals surface area contributed by atoms with Gasteiger partial charge in [0.1, 0.15) is 0 Å². The molecule has 3 aromatic rings. The lowest BCUT2D eigenvalue weighted by Gasteiger charge is -2.35. The highest BCUT2D eigenvalue weighted by Crippen LogP contribution is 2.27. The molecule has 1 aliphatic carbocycles. The summed E-state index contributed by atoms with van der Waals surface area (Å²) in [6.07, 6.45) is 3.99. The third kappa shape index (κ3) is 8.08. The highest BCUT2D eigenvalue weighted by molar-refractivity contribution is 6.33. The number of halogens is 3. The minimum atomic E-state index is -0.888. The molecule has 1 aliphatic rings. The zero-order chi connectivity index (χ0) is 31.1. The van der Waals surface area contributed by atoms with Gasteiger partial charge in [0, 0.05) is 44.5 Å². The number of hydrogen-bond donors (Lipinski definition) is 3. The fourth-order valence-electron chi connectivity index (χ4n) is 4.24. The first-order valence-corrected chi connectivity index (χ1v) is 13.4. The fourth-order valence-corrected chi connectivity index (χ4v) is 4.47. The number of likely N-dealkylation sites (N-methyl/N-ethyl adjacent to an activating group) is 1. The number of hydrogen-bond acceptors (Lipinski definition) is 8. The van der Waals surface area contributed by atoms with E-state index in [0.717, 1.165) is 18.9 Å². The van der Waals surface area contributed by atoms with Crippen LogP contribution in [0.3, 0.4) is 0 Å². The number of nitrogens with zero attached hydrogens (tertiary/aromatic N) is 5. The van der Waals surface area contributed by atoms with Crippen LogP contribution in [0.5, 0.6) is 0 Å². The molecule has 42 heavy (non-hydrogen) atoms. The Balaban J connectivity index is 0.000000312. The molecule has 14 heteroatoms. The van der Waals surface area contributed by atoms with Crippen molar-refractivity contribution in [1.29, 1.82) is 0 Å². The summed E-state index contributed by atoms with van der Waals surface area (Å²) in [5, 5.41) is 8.95. The number of imidazole rings is 1. The summed E-state index contributed by atoms with van der Waals surface area (Å²) >= 11 is 5.95. The SMILES string of the molecule is CN(C)c1nc(F)c(-c2cnc(C(=O)Nc3ccc(C=O)c(Cl)c3)n2C)cc1F.CNC1CC(NC(=O)CN(C)C)C1. The first-order valence-electron chi connectivity index (χ1n) is 13.1. The Kier molecular flexibility index (Phi) is 11.1.